The lowest BCUT2D eigenvalue weighted by atomic mass is 10.1. The van der Waals surface area contributed by atoms with Gasteiger partial charge in [0.05, 0.1) is 159 Å². The van der Waals surface area contributed by atoms with Crippen molar-refractivity contribution in [1.29, 1.82) is 0 Å². The van der Waals surface area contributed by atoms with Gasteiger partial charge in [0.2, 0.25) is 0 Å². The molecule has 0 spiro atoms. The largest absolute Gasteiger partial charge is 0.378 e. The highest BCUT2D eigenvalue weighted by atomic mass is 16.5. The Morgan fingerprint density at radius 3 is 0.321 bits per heavy atom. The van der Waals surface area contributed by atoms with E-state index in [0.717, 1.165) is 197 Å². The number of hydrogen-bond acceptors (Lipinski definition) is 18. The molecule has 3 aliphatic heterocycles. The van der Waals surface area contributed by atoms with Crippen LogP contribution in [0.1, 0.15) is 296 Å². The van der Waals surface area contributed by atoms with Crippen LogP contribution in [0.4, 0.5) is 0 Å². The molecule has 632 valence electrons. The Bertz CT molecular complexity index is 1500. The van der Waals surface area contributed by atoms with Crippen molar-refractivity contribution < 1.29 is 56.8 Å². The van der Waals surface area contributed by atoms with Gasteiger partial charge in [0.15, 0.2) is 0 Å². The van der Waals surface area contributed by atoms with Gasteiger partial charge in [-0.15, -0.1) is 0 Å². The summed E-state index contributed by atoms with van der Waals surface area (Å²) in [6.45, 7) is 39.7. The molecule has 3 aliphatic rings. The molecule has 18 nitrogen and oxygen atoms in total. The van der Waals surface area contributed by atoms with E-state index in [9.17, 15) is 0 Å². The quantitative estimate of drug-likeness (QED) is 0.0535. The SMILES string of the molecule is CCCCCCCCCCCCCN1CCOCCOCCN(CCCCCCCCCCCCCN2CCOCCOCCN(CCCCCCCCCCCCCN3CCOCCOCCN(CCCCCCCCCCCCC)CCOCCOCC3)CCOCCOCC2)CCOCCOCC1. The first-order valence-electron chi connectivity index (χ1n) is 46.0. The van der Waals surface area contributed by atoms with Crippen molar-refractivity contribution in [2.45, 2.75) is 296 Å². The lowest BCUT2D eigenvalue weighted by Crippen LogP contribution is -2.34. The van der Waals surface area contributed by atoms with Crippen molar-refractivity contribution in [2.24, 2.45) is 0 Å². The lowest BCUT2D eigenvalue weighted by molar-refractivity contribution is 0.00776. The van der Waals surface area contributed by atoms with E-state index in [1.807, 2.05) is 0 Å². The standard InChI is InChI=1S/C88H178N6O12/c1-3-5-7-9-11-13-17-23-29-35-41-47-89-53-65-95-77-81-99-69-57-91(58-70-100-82-78-96-66-54-89)49-43-37-31-25-19-15-21-27-33-39-45-51-93-61-73-103-85-87-105-75-63-94(64-76-106-88-86-104-74-62-93)52-46-40-34-28-22-16-20-26-32-38-44-50-92-59-71-101-83-79-97-67-55-90(56-68-98-80-84-102-72-60-92)48-42-36-30-24-18-14-12-10-8-6-4-2/h3-88H2,1-2H3. The molecule has 0 saturated carbocycles. The Balaban J connectivity index is 1.10. The summed E-state index contributed by atoms with van der Waals surface area (Å²) >= 11 is 0. The molecule has 0 bridgehead atoms. The van der Waals surface area contributed by atoms with Crippen LogP contribution in [0, 0.1) is 0 Å². The topological polar surface area (TPSA) is 130 Å². The molecule has 0 atom stereocenters. The van der Waals surface area contributed by atoms with Gasteiger partial charge in [-0.1, -0.05) is 258 Å². The van der Waals surface area contributed by atoms with Gasteiger partial charge in [0.1, 0.15) is 0 Å². The van der Waals surface area contributed by atoms with Crippen molar-refractivity contribution in [1.82, 2.24) is 29.4 Å². The third-order valence-electron chi connectivity index (χ3n) is 21.9. The van der Waals surface area contributed by atoms with Crippen molar-refractivity contribution in [3.8, 4) is 0 Å². The molecule has 0 radical (unpaired) electrons. The highest BCUT2D eigenvalue weighted by molar-refractivity contribution is 4.67. The molecule has 18 heteroatoms. The Kier molecular flexibility index (Phi) is 78.5. The van der Waals surface area contributed by atoms with E-state index in [1.165, 1.54) is 283 Å². The van der Waals surface area contributed by atoms with Crippen LogP contribution < -0.4 is 0 Å². The number of ether oxygens (including phenoxy) is 12. The van der Waals surface area contributed by atoms with Crippen molar-refractivity contribution in [2.75, 3.05) is 276 Å². The van der Waals surface area contributed by atoms with Crippen LogP contribution in [-0.2, 0) is 56.8 Å². The van der Waals surface area contributed by atoms with Gasteiger partial charge in [-0.3, -0.25) is 29.4 Å². The molecular weight excluding hydrogens is 1330 g/mol. The molecule has 106 heavy (non-hydrogen) atoms. The number of rotatable bonds is 52. The molecular formula is C88H178N6O12. The highest BCUT2D eigenvalue weighted by Crippen LogP contribution is 2.17. The number of hydrogen-bond donors (Lipinski definition) is 0. The monoisotopic (exact) mass is 1510 g/mol. The number of nitrogens with zero attached hydrogens (tertiary/aromatic N) is 6. The molecule has 3 heterocycles. The maximum Gasteiger partial charge on any atom is 0.0701 e. The van der Waals surface area contributed by atoms with Crippen LogP contribution in [-0.4, -0.2) is 306 Å². The second kappa shape index (κ2) is 83.7. The van der Waals surface area contributed by atoms with Crippen molar-refractivity contribution >= 4 is 0 Å². The van der Waals surface area contributed by atoms with E-state index in [4.69, 9.17) is 56.8 Å². The minimum Gasteiger partial charge on any atom is -0.378 e. The Morgan fingerprint density at radius 2 is 0.217 bits per heavy atom. The molecule has 0 aromatic heterocycles. The smallest absolute Gasteiger partial charge is 0.0701 e. The Morgan fingerprint density at radius 1 is 0.123 bits per heavy atom. The van der Waals surface area contributed by atoms with Crippen molar-refractivity contribution in [3.05, 3.63) is 0 Å². The molecule has 3 rings (SSSR count). The normalized spacial score (nSPS) is 19.6. The van der Waals surface area contributed by atoms with E-state index < -0.39 is 0 Å². The van der Waals surface area contributed by atoms with Crippen molar-refractivity contribution in [3.63, 3.8) is 0 Å². The van der Waals surface area contributed by atoms with Crippen LogP contribution >= 0.6 is 0 Å². The Labute approximate surface area is 655 Å². The second-order valence-electron chi connectivity index (χ2n) is 31.2. The van der Waals surface area contributed by atoms with Crippen LogP contribution in [0.15, 0.2) is 0 Å². The number of unbranched alkanes of at least 4 members (excludes halogenated alkanes) is 40. The van der Waals surface area contributed by atoms with Crippen LogP contribution in [0.5, 0.6) is 0 Å². The van der Waals surface area contributed by atoms with Gasteiger partial charge in [-0.2, -0.15) is 0 Å². The van der Waals surface area contributed by atoms with Gasteiger partial charge in [-0.05, 0) is 77.8 Å². The lowest BCUT2D eigenvalue weighted by Gasteiger charge is -2.23. The fraction of sp³-hybridized carbons (Fsp3) is 1.00. The van der Waals surface area contributed by atoms with Gasteiger partial charge in [-0.25, -0.2) is 0 Å². The minimum absolute atomic E-state index is 0.655. The molecule has 0 aromatic carbocycles. The van der Waals surface area contributed by atoms with Gasteiger partial charge >= 0.3 is 0 Å². The van der Waals surface area contributed by atoms with Crippen LogP contribution in [0.2, 0.25) is 0 Å². The molecule has 0 unspecified atom stereocenters. The first-order chi connectivity index (χ1) is 52.8. The zero-order valence-electron chi connectivity index (χ0n) is 70.4. The summed E-state index contributed by atoms with van der Waals surface area (Å²) in [6.07, 6.45) is 59.5. The van der Waals surface area contributed by atoms with E-state index >= 15 is 0 Å². The fourth-order valence-corrected chi connectivity index (χ4v) is 14.8. The third-order valence-corrected chi connectivity index (χ3v) is 21.9. The minimum atomic E-state index is 0.655. The first-order valence-corrected chi connectivity index (χ1v) is 46.0. The molecule has 0 aliphatic carbocycles. The van der Waals surface area contributed by atoms with E-state index in [0.29, 0.717) is 79.3 Å². The maximum absolute atomic E-state index is 6.09. The molecule has 0 amide bonds. The average Bonchev–Trinajstić information content (AvgIpc) is 1.75. The van der Waals surface area contributed by atoms with E-state index in [-0.39, 0.29) is 0 Å². The zero-order valence-corrected chi connectivity index (χ0v) is 70.4. The van der Waals surface area contributed by atoms with Crippen LogP contribution in [0.25, 0.3) is 0 Å². The van der Waals surface area contributed by atoms with Gasteiger partial charge in [0.25, 0.3) is 0 Å². The fourth-order valence-electron chi connectivity index (χ4n) is 14.8. The summed E-state index contributed by atoms with van der Waals surface area (Å²) < 4.78 is 72.7. The zero-order chi connectivity index (χ0) is 74.8. The summed E-state index contributed by atoms with van der Waals surface area (Å²) in [5.41, 5.74) is 0. The molecule has 3 fully saturated rings. The summed E-state index contributed by atoms with van der Waals surface area (Å²) in [5.74, 6) is 0. The second-order valence-corrected chi connectivity index (χ2v) is 31.2. The highest BCUT2D eigenvalue weighted by Gasteiger charge is 2.14. The summed E-state index contributed by atoms with van der Waals surface area (Å²) in [6, 6.07) is 0. The maximum atomic E-state index is 6.09. The van der Waals surface area contributed by atoms with E-state index in [1.54, 1.807) is 0 Å². The first kappa shape index (κ1) is 99.5. The van der Waals surface area contributed by atoms with E-state index in [2.05, 4.69) is 43.2 Å². The molecule has 3 saturated heterocycles. The molecule has 0 aromatic rings. The molecule has 0 N–H and O–H groups in total. The van der Waals surface area contributed by atoms with Crippen LogP contribution in [0.3, 0.4) is 0 Å². The van der Waals surface area contributed by atoms with Gasteiger partial charge in [0, 0.05) is 78.5 Å². The summed E-state index contributed by atoms with van der Waals surface area (Å²) in [5, 5.41) is 0. The Hall–Kier alpha value is -0.720. The third kappa shape index (κ3) is 71.1. The van der Waals surface area contributed by atoms with Gasteiger partial charge < -0.3 is 56.8 Å². The summed E-state index contributed by atoms with van der Waals surface area (Å²) in [7, 11) is 0. The predicted octanol–water partition coefficient (Wildman–Crippen LogP) is 17.2. The predicted molar refractivity (Wildman–Crippen MR) is 443 cm³/mol. The summed E-state index contributed by atoms with van der Waals surface area (Å²) in [4.78, 5) is 15.2. The average molecular weight is 1510 g/mol.